The molecular formula is C13H14FNO3S. The van der Waals surface area contributed by atoms with Gasteiger partial charge in [0.15, 0.2) is 0 Å². The van der Waals surface area contributed by atoms with Crippen molar-refractivity contribution in [3.8, 4) is 0 Å². The van der Waals surface area contributed by atoms with E-state index in [0.29, 0.717) is 17.9 Å². The Labute approximate surface area is 114 Å². The molecule has 1 fully saturated rings. The van der Waals surface area contributed by atoms with Gasteiger partial charge in [-0.2, -0.15) is 11.8 Å². The summed E-state index contributed by atoms with van der Waals surface area (Å²) in [5.41, 5.74) is -0.646. The van der Waals surface area contributed by atoms with E-state index in [1.165, 1.54) is 23.9 Å². The lowest BCUT2D eigenvalue weighted by Gasteiger charge is -2.24. The van der Waals surface area contributed by atoms with Gasteiger partial charge < -0.3 is 10.4 Å². The van der Waals surface area contributed by atoms with E-state index in [2.05, 4.69) is 5.32 Å². The first-order valence-electron chi connectivity index (χ1n) is 5.84. The van der Waals surface area contributed by atoms with E-state index >= 15 is 0 Å². The molecule has 0 unspecified atom stereocenters. The van der Waals surface area contributed by atoms with Crippen LogP contribution < -0.4 is 5.32 Å². The average molecular weight is 283 g/mol. The number of carbonyl (C=O) groups excluding carboxylic acids is 1. The second kappa shape index (κ2) is 5.21. The summed E-state index contributed by atoms with van der Waals surface area (Å²) in [6.07, 6.45) is 0.353. The number of aliphatic carboxylic acids is 1. The maximum absolute atomic E-state index is 13.6. The van der Waals surface area contributed by atoms with Crippen LogP contribution >= 0.6 is 11.8 Å². The van der Waals surface area contributed by atoms with E-state index in [4.69, 9.17) is 0 Å². The van der Waals surface area contributed by atoms with Crippen molar-refractivity contribution in [2.75, 3.05) is 11.5 Å². The number of hydrogen-bond donors (Lipinski definition) is 2. The number of aryl methyl sites for hydroxylation is 1. The SMILES string of the molecule is Cc1ccc(F)c(C(=O)N[C@@]2(C(=O)O)CCSC2)c1. The molecule has 4 nitrogen and oxygen atoms in total. The summed E-state index contributed by atoms with van der Waals surface area (Å²) in [5.74, 6) is -1.41. The monoisotopic (exact) mass is 283 g/mol. The second-order valence-corrected chi connectivity index (χ2v) is 5.73. The van der Waals surface area contributed by atoms with Gasteiger partial charge in [0.2, 0.25) is 0 Å². The molecule has 2 N–H and O–H groups in total. The molecule has 0 aromatic heterocycles. The average Bonchev–Trinajstić information content (AvgIpc) is 2.82. The number of carboxylic acids is 1. The zero-order valence-corrected chi connectivity index (χ0v) is 11.2. The lowest BCUT2D eigenvalue weighted by Crippen LogP contribution is -2.54. The Morgan fingerprint density at radius 3 is 2.79 bits per heavy atom. The van der Waals surface area contributed by atoms with Crippen LogP contribution in [-0.4, -0.2) is 34.0 Å². The Morgan fingerprint density at radius 2 is 2.21 bits per heavy atom. The fraction of sp³-hybridized carbons (Fsp3) is 0.385. The van der Waals surface area contributed by atoms with Gasteiger partial charge in [0, 0.05) is 5.75 Å². The minimum atomic E-state index is -1.28. The molecule has 0 bridgehead atoms. The second-order valence-electron chi connectivity index (χ2n) is 4.63. The maximum atomic E-state index is 13.6. The third-order valence-corrected chi connectivity index (χ3v) is 4.34. The van der Waals surface area contributed by atoms with Crippen LogP contribution in [0, 0.1) is 12.7 Å². The van der Waals surface area contributed by atoms with Crippen LogP contribution in [0.25, 0.3) is 0 Å². The largest absolute Gasteiger partial charge is 0.479 e. The molecule has 0 radical (unpaired) electrons. The Hall–Kier alpha value is -1.56. The molecule has 1 aliphatic heterocycles. The normalized spacial score (nSPS) is 22.2. The standard InChI is InChI=1S/C13H14FNO3S/c1-8-2-3-10(14)9(6-8)11(16)15-13(12(17)18)4-5-19-7-13/h2-3,6H,4-5,7H2,1H3,(H,15,16)(H,17,18)/t13-/m0/s1. The van der Waals surface area contributed by atoms with Crippen molar-refractivity contribution in [2.45, 2.75) is 18.9 Å². The summed E-state index contributed by atoms with van der Waals surface area (Å²) in [5, 5.41) is 11.7. The quantitative estimate of drug-likeness (QED) is 0.888. The first kappa shape index (κ1) is 13.9. The van der Waals surface area contributed by atoms with Gasteiger partial charge in [-0.05, 0) is 31.2 Å². The van der Waals surface area contributed by atoms with E-state index in [9.17, 15) is 19.1 Å². The number of amides is 1. The van der Waals surface area contributed by atoms with E-state index in [0.717, 1.165) is 5.56 Å². The highest BCUT2D eigenvalue weighted by Crippen LogP contribution is 2.28. The lowest BCUT2D eigenvalue weighted by atomic mass is 9.98. The van der Waals surface area contributed by atoms with Crippen molar-refractivity contribution < 1.29 is 19.1 Å². The summed E-state index contributed by atoms with van der Waals surface area (Å²) in [4.78, 5) is 23.4. The summed E-state index contributed by atoms with van der Waals surface area (Å²) in [7, 11) is 0. The van der Waals surface area contributed by atoms with Gasteiger partial charge in [0.25, 0.3) is 5.91 Å². The molecule has 1 heterocycles. The molecular weight excluding hydrogens is 269 g/mol. The molecule has 1 aliphatic rings. The Balaban J connectivity index is 2.25. The molecule has 102 valence electrons. The zero-order valence-electron chi connectivity index (χ0n) is 10.4. The lowest BCUT2D eigenvalue weighted by molar-refractivity contribution is -0.143. The third-order valence-electron chi connectivity index (χ3n) is 3.15. The maximum Gasteiger partial charge on any atom is 0.330 e. The highest BCUT2D eigenvalue weighted by Gasteiger charge is 2.43. The van der Waals surface area contributed by atoms with Crippen molar-refractivity contribution in [3.63, 3.8) is 0 Å². The van der Waals surface area contributed by atoms with Crippen LogP contribution in [-0.2, 0) is 4.79 Å². The van der Waals surface area contributed by atoms with Gasteiger partial charge in [-0.25, -0.2) is 9.18 Å². The Kier molecular flexibility index (Phi) is 3.80. The van der Waals surface area contributed by atoms with Gasteiger partial charge >= 0.3 is 5.97 Å². The van der Waals surface area contributed by atoms with Crippen molar-refractivity contribution in [1.29, 1.82) is 0 Å². The van der Waals surface area contributed by atoms with Crippen molar-refractivity contribution in [1.82, 2.24) is 5.32 Å². The van der Waals surface area contributed by atoms with E-state index in [-0.39, 0.29) is 5.56 Å². The highest BCUT2D eigenvalue weighted by atomic mass is 32.2. The summed E-state index contributed by atoms with van der Waals surface area (Å²) < 4.78 is 13.6. The van der Waals surface area contributed by atoms with E-state index in [1.54, 1.807) is 13.0 Å². The molecule has 0 spiro atoms. The van der Waals surface area contributed by atoms with Crippen molar-refractivity contribution in [2.24, 2.45) is 0 Å². The minimum Gasteiger partial charge on any atom is -0.479 e. The molecule has 1 atom stereocenters. The predicted octanol–water partition coefficient (Wildman–Crippen LogP) is 1.82. The zero-order chi connectivity index (χ0) is 14.0. The fourth-order valence-electron chi connectivity index (χ4n) is 1.98. The van der Waals surface area contributed by atoms with Gasteiger partial charge in [-0.3, -0.25) is 4.79 Å². The molecule has 1 saturated heterocycles. The molecule has 1 aromatic carbocycles. The van der Waals surface area contributed by atoms with Crippen molar-refractivity contribution in [3.05, 3.63) is 35.1 Å². The van der Waals surface area contributed by atoms with E-state index < -0.39 is 23.2 Å². The summed E-state index contributed by atoms with van der Waals surface area (Å²) >= 11 is 1.46. The Bertz CT molecular complexity index is 527. The Morgan fingerprint density at radius 1 is 1.47 bits per heavy atom. The first-order valence-corrected chi connectivity index (χ1v) is 7.00. The smallest absolute Gasteiger partial charge is 0.330 e. The first-order chi connectivity index (χ1) is 8.94. The van der Waals surface area contributed by atoms with Crippen LogP contribution in [0.5, 0.6) is 0 Å². The van der Waals surface area contributed by atoms with Crippen LogP contribution in [0.15, 0.2) is 18.2 Å². The fourth-order valence-corrected chi connectivity index (χ4v) is 3.31. The molecule has 0 aliphatic carbocycles. The molecule has 1 amide bonds. The molecule has 1 aromatic rings. The predicted molar refractivity (Wildman–Crippen MR) is 70.9 cm³/mol. The number of carboxylic acid groups (broad SMARTS) is 1. The number of rotatable bonds is 3. The van der Waals surface area contributed by atoms with Crippen LogP contribution in [0.3, 0.4) is 0 Å². The number of carbonyl (C=O) groups is 2. The minimum absolute atomic E-state index is 0.113. The van der Waals surface area contributed by atoms with Crippen LogP contribution in [0.1, 0.15) is 22.3 Å². The summed E-state index contributed by atoms with van der Waals surface area (Å²) in [6, 6.07) is 4.19. The number of thioether (sulfide) groups is 1. The van der Waals surface area contributed by atoms with Crippen LogP contribution in [0.4, 0.5) is 4.39 Å². The van der Waals surface area contributed by atoms with Gasteiger partial charge in [0.05, 0.1) is 5.56 Å². The van der Waals surface area contributed by atoms with Gasteiger partial charge in [0.1, 0.15) is 11.4 Å². The van der Waals surface area contributed by atoms with Crippen molar-refractivity contribution >= 4 is 23.6 Å². The number of benzene rings is 1. The van der Waals surface area contributed by atoms with Gasteiger partial charge in [-0.15, -0.1) is 0 Å². The molecule has 0 saturated carbocycles. The highest BCUT2D eigenvalue weighted by molar-refractivity contribution is 7.99. The molecule has 2 rings (SSSR count). The van der Waals surface area contributed by atoms with Gasteiger partial charge in [-0.1, -0.05) is 11.6 Å². The molecule has 6 heteroatoms. The van der Waals surface area contributed by atoms with E-state index in [1.807, 2.05) is 0 Å². The topological polar surface area (TPSA) is 66.4 Å². The number of halogens is 1. The summed E-state index contributed by atoms with van der Waals surface area (Å²) in [6.45, 7) is 1.74. The number of hydrogen-bond acceptors (Lipinski definition) is 3. The van der Waals surface area contributed by atoms with Crippen LogP contribution in [0.2, 0.25) is 0 Å². The third kappa shape index (κ3) is 2.73. The molecule has 19 heavy (non-hydrogen) atoms. The number of nitrogens with one attached hydrogen (secondary N) is 1.